The van der Waals surface area contributed by atoms with E-state index in [0.29, 0.717) is 5.89 Å². The zero-order valence-corrected chi connectivity index (χ0v) is 7.40. The van der Waals surface area contributed by atoms with Crippen LogP contribution in [0.2, 0.25) is 0 Å². The van der Waals surface area contributed by atoms with Crippen molar-refractivity contribution in [3.8, 4) is 23.3 Å². The van der Waals surface area contributed by atoms with Gasteiger partial charge in [-0.25, -0.2) is 0 Å². The van der Waals surface area contributed by atoms with Crippen molar-refractivity contribution < 1.29 is 4.52 Å². The monoisotopic (exact) mass is 183 g/mol. The highest BCUT2D eigenvalue weighted by Gasteiger charge is 2.01. The van der Waals surface area contributed by atoms with E-state index in [1.165, 1.54) is 6.33 Å². The van der Waals surface area contributed by atoms with Gasteiger partial charge in [-0.2, -0.15) is 4.98 Å². The van der Waals surface area contributed by atoms with E-state index in [1.807, 2.05) is 24.3 Å². The Morgan fingerprint density at radius 1 is 1.21 bits per heavy atom. The van der Waals surface area contributed by atoms with Crippen molar-refractivity contribution in [2.75, 3.05) is 0 Å². The van der Waals surface area contributed by atoms with Crippen molar-refractivity contribution in [2.24, 2.45) is 0 Å². The molecule has 3 nitrogen and oxygen atoms in total. The summed E-state index contributed by atoms with van der Waals surface area (Å²) in [6, 6.07) is 7.54. The zero-order chi connectivity index (χ0) is 9.80. The maximum atomic E-state index is 4.91. The Hall–Kier alpha value is -2.08. The Morgan fingerprint density at radius 2 is 2.00 bits per heavy atom. The second-order valence-electron chi connectivity index (χ2n) is 2.63. The van der Waals surface area contributed by atoms with E-state index in [2.05, 4.69) is 28.9 Å². The van der Waals surface area contributed by atoms with Crippen molar-refractivity contribution in [3.63, 3.8) is 0 Å². The molecule has 0 saturated heterocycles. The molecule has 14 heavy (non-hydrogen) atoms. The minimum atomic E-state index is 0.513. The van der Waals surface area contributed by atoms with Crippen LogP contribution in [0, 0.1) is 18.8 Å². The number of benzene rings is 1. The van der Waals surface area contributed by atoms with E-state index >= 15 is 0 Å². The van der Waals surface area contributed by atoms with Crippen molar-refractivity contribution in [1.29, 1.82) is 0 Å². The zero-order valence-electron chi connectivity index (χ0n) is 7.40. The molecule has 0 aliphatic rings. The van der Waals surface area contributed by atoms with Gasteiger partial charge in [-0.05, 0) is 24.3 Å². The van der Waals surface area contributed by atoms with Crippen LogP contribution < -0.4 is 0 Å². The first-order valence-corrected chi connectivity index (χ1v) is 4.05. The Balaban J connectivity index is 2.34. The van der Waals surface area contributed by atoms with Gasteiger partial charge in [0.1, 0.15) is 0 Å². The Bertz CT molecular complexity index is 460. The van der Waals surface area contributed by atoms with E-state index < -0.39 is 0 Å². The smallest absolute Gasteiger partial charge is 0.257 e. The maximum absolute atomic E-state index is 4.91. The quantitative estimate of drug-likeness (QED) is 0.634. The third kappa shape index (κ3) is 1.64. The summed E-state index contributed by atoms with van der Waals surface area (Å²) >= 11 is 0. The van der Waals surface area contributed by atoms with Gasteiger partial charge in [0.25, 0.3) is 5.89 Å². The molecule has 0 spiro atoms. The fourth-order valence-electron chi connectivity index (χ4n) is 1.10. The first-order valence-electron chi connectivity index (χ1n) is 4.05. The third-order valence-corrected chi connectivity index (χ3v) is 1.73. The molecule has 2 aromatic rings. The van der Waals surface area contributed by atoms with E-state index in [-0.39, 0.29) is 0 Å². The average Bonchev–Trinajstić information content (AvgIpc) is 2.72. The lowest BCUT2D eigenvalue weighted by Gasteiger charge is -1.93. The highest BCUT2D eigenvalue weighted by atomic mass is 16.5. The molecule has 0 amide bonds. The number of aromatic nitrogens is 2. The number of rotatable bonds is 1. The van der Waals surface area contributed by atoms with Gasteiger partial charge in [0.05, 0.1) is 0 Å². The predicted molar refractivity (Wildman–Crippen MR) is 52.0 cm³/mol. The molecule has 0 unspecified atom stereocenters. The van der Waals surface area contributed by atoms with Crippen molar-refractivity contribution in [2.45, 2.75) is 0 Å². The van der Waals surface area contributed by atoms with Crippen LogP contribution in [0.15, 0.2) is 35.1 Å². The lowest BCUT2D eigenvalue weighted by Crippen LogP contribution is -1.78. The summed E-state index contributed by atoms with van der Waals surface area (Å²) in [5.41, 5.74) is 1.81. The largest absolute Gasteiger partial charge is 0.334 e. The Labute approximate surface area is 81.8 Å². The number of hydrogen-bond donors (Lipinski definition) is 0. The van der Waals surface area contributed by atoms with Gasteiger partial charge < -0.3 is 4.52 Å². The van der Waals surface area contributed by atoms with E-state index in [9.17, 15) is 0 Å². The molecule has 0 N–H and O–H groups in total. The van der Waals surface area contributed by atoms with Gasteiger partial charge in [0.15, 0.2) is 6.33 Å². The van der Waals surface area contributed by atoms with Gasteiger partial charge in [0.2, 0.25) is 0 Å². The molecular formula is C11H7N2O. The molecule has 1 aromatic heterocycles. The summed E-state index contributed by atoms with van der Waals surface area (Å²) < 4.78 is 4.91. The summed E-state index contributed by atoms with van der Waals surface area (Å²) in [5.74, 6) is 5.95. The van der Waals surface area contributed by atoms with Crippen LogP contribution in [0.25, 0.3) is 11.5 Å². The molecule has 0 aliphatic heterocycles. The molecular weight excluding hydrogens is 176 g/mol. The average molecular weight is 183 g/mol. The van der Waals surface area contributed by atoms with Crippen LogP contribution in [-0.4, -0.2) is 10.1 Å². The summed E-state index contributed by atoms with van der Waals surface area (Å²) in [6.45, 7) is 3.45. The first-order chi connectivity index (χ1) is 6.90. The van der Waals surface area contributed by atoms with Crippen LogP contribution in [0.4, 0.5) is 0 Å². The Morgan fingerprint density at radius 3 is 2.57 bits per heavy atom. The molecule has 2 rings (SSSR count). The standard InChI is InChI=1S/C11H7N2O/c1-2-3-9-4-6-10(7-5-9)11-12-8-13-14-11/h4-8H,1H2. The molecule has 3 heteroatoms. The Kier molecular flexibility index (Phi) is 2.28. The van der Waals surface area contributed by atoms with Crippen LogP contribution in [0.5, 0.6) is 0 Å². The molecule has 1 heterocycles. The summed E-state index contributed by atoms with van der Waals surface area (Å²) in [4.78, 5) is 3.94. The van der Waals surface area contributed by atoms with E-state index in [1.54, 1.807) is 0 Å². The number of hydrogen-bond acceptors (Lipinski definition) is 3. The molecule has 0 aliphatic carbocycles. The normalized spacial score (nSPS) is 9.21. The second-order valence-corrected chi connectivity index (χ2v) is 2.63. The topological polar surface area (TPSA) is 38.9 Å². The second kappa shape index (κ2) is 3.75. The fraction of sp³-hybridized carbons (Fsp3) is 0. The molecule has 1 radical (unpaired) electrons. The molecule has 0 atom stereocenters. The van der Waals surface area contributed by atoms with Crippen molar-refractivity contribution in [3.05, 3.63) is 43.1 Å². The van der Waals surface area contributed by atoms with Crippen LogP contribution in [0.1, 0.15) is 5.56 Å². The fourth-order valence-corrected chi connectivity index (χ4v) is 1.10. The summed E-state index contributed by atoms with van der Waals surface area (Å²) in [5, 5.41) is 3.53. The number of nitrogens with zero attached hydrogens (tertiary/aromatic N) is 2. The van der Waals surface area contributed by atoms with Crippen LogP contribution >= 0.6 is 0 Å². The minimum Gasteiger partial charge on any atom is -0.334 e. The van der Waals surface area contributed by atoms with Gasteiger partial charge in [-0.1, -0.05) is 17.0 Å². The molecule has 0 bridgehead atoms. The predicted octanol–water partition coefficient (Wildman–Crippen LogP) is 1.92. The van der Waals surface area contributed by atoms with E-state index in [4.69, 9.17) is 4.52 Å². The molecule has 0 fully saturated rings. The van der Waals surface area contributed by atoms with Crippen molar-refractivity contribution in [1.82, 2.24) is 10.1 Å². The highest BCUT2D eigenvalue weighted by Crippen LogP contribution is 2.15. The highest BCUT2D eigenvalue weighted by molar-refractivity contribution is 5.54. The van der Waals surface area contributed by atoms with Gasteiger partial charge >= 0.3 is 0 Å². The van der Waals surface area contributed by atoms with E-state index in [0.717, 1.165) is 11.1 Å². The first kappa shape index (κ1) is 8.52. The SMILES string of the molecule is [CH2]C#Cc1ccc(-c2ncno2)cc1. The summed E-state index contributed by atoms with van der Waals surface area (Å²) in [6.07, 6.45) is 1.37. The van der Waals surface area contributed by atoms with Crippen molar-refractivity contribution >= 4 is 0 Å². The van der Waals surface area contributed by atoms with Gasteiger partial charge in [0, 0.05) is 18.1 Å². The minimum absolute atomic E-state index is 0.513. The van der Waals surface area contributed by atoms with Gasteiger partial charge in [-0.15, -0.1) is 0 Å². The lowest BCUT2D eigenvalue weighted by atomic mass is 10.1. The van der Waals surface area contributed by atoms with Crippen LogP contribution in [0.3, 0.4) is 0 Å². The lowest BCUT2D eigenvalue weighted by molar-refractivity contribution is 0.430. The third-order valence-electron chi connectivity index (χ3n) is 1.73. The van der Waals surface area contributed by atoms with Gasteiger partial charge in [-0.3, -0.25) is 0 Å². The maximum Gasteiger partial charge on any atom is 0.257 e. The molecule has 67 valence electrons. The summed E-state index contributed by atoms with van der Waals surface area (Å²) in [7, 11) is 0. The van der Waals surface area contributed by atoms with Crippen LogP contribution in [-0.2, 0) is 0 Å². The molecule has 1 aromatic carbocycles. The molecule has 0 saturated carbocycles.